The fourth-order valence-corrected chi connectivity index (χ4v) is 1.86. The van der Waals surface area contributed by atoms with Crippen LogP contribution in [0.25, 0.3) is 0 Å². The largest absolute Gasteiger partial charge is 0.494 e. The molecule has 0 radical (unpaired) electrons. The molecule has 0 bridgehead atoms. The van der Waals surface area contributed by atoms with E-state index in [9.17, 15) is 4.39 Å². The minimum atomic E-state index is -0.371. The van der Waals surface area contributed by atoms with Crippen LogP contribution in [0.2, 0.25) is 0 Å². The Morgan fingerprint density at radius 1 is 1.14 bits per heavy atom. The lowest BCUT2D eigenvalue weighted by atomic mass is 10.2. The third kappa shape index (κ3) is 4.36. The Balaban J connectivity index is 1.92. The van der Waals surface area contributed by atoms with Gasteiger partial charge in [-0.3, -0.25) is 0 Å². The van der Waals surface area contributed by atoms with Crippen molar-refractivity contribution in [1.82, 2.24) is 0 Å². The molecule has 0 amide bonds. The average Bonchev–Trinajstić information content (AvgIpc) is 2.52. The van der Waals surface area contributed by atoms with Gasteiger partial charge in [0, 0.05) is 12.2 Å². The van der Waals surface area contributed by atoms with Gasteiger partial charge in [0.2, 0.25) is 0 Å². The molecule has 0 spiro atoms. The minimum absolute atomic E-state index is 0.0109. The number of ether oxygens (including phenoxy) is 2. The maximum atomic E-state index is 13.6. The SMILES string of the molecule is COc1ccc(CNc2ccc(OCCO)cc2)cc1F. The van der Waals surface area contributed by atoms with Crippen LogP contribution >= 0.6 is 0 Å². The lowest BCUT2D eigenvalue weighted by Crippen LogP contribution is -2.02. The molecule has 0 aliphatic heterocycles. The molecule has 5 heteroatoms. The van der Waals surface area contributed by atoms with Crippen LogP contribution in [0.1, 0.15) is 5.56 Å². The van der Waals surface area contributed by atoms with E-state index in [-0.39, 0.29) is 24.8 Å². The van der Waals surface area contributed by atoms with Gasteiger partial charge in [0.25, 0.3) is 0 Å². The standard InChI is InChI=1S/C16H18FNO3/c1-20-16-7-2-12(10-15(16)17)11-18-13-3-5-14(6-4-13)21-9-8-19/h2-7,10,18-19H,8-9,11H2,1H3. The topological polar surface area (TPSA) is 50.7 Å². The van der Waals surface area contributed by atoms with Crippen molar-refractivity contribution in [3.63, 3.8) is 0 Å². The fourth-order valence-electron chi connectivity index (χ4n) is 1.86. The monoisotopic (exact) mass is 291 g/mol. The Morgan fingerprint density at radius 3 is 2.52 bits per heavy atom. The molecular formula is C16H18FNO3. The van der Waals surface area contributed by atoms with E-state index >= 15 is 0 Å². The number of nitrogens with one attached hydrogen (secondary N) is 1. The van der Waals surface area contributed by atoms with Gasteiger partial charge in [-0.05, 0) is 42.0 Å². The summed E-state index contributed by atoms with van der Waals surface area (Å²) < 4.78 is 23.7. The van der Waals surface area contributed by atoms with Gasteiger partial charge < -0.3 is 19.9 Å². The van der Waals surface area contributed by atoms with Gasteiger partial charge in [-0.25, -0.2) is 4.39 Å². The number of benzene rings is 2. The highest BCUT2D eigenvalue weighted by Gasteiger charge is 2.03. The summed E-state index contributed by atoms with van der Waals surface area (Å²) in [5.74, 6) is 0.568. The molecule has 21 heavy (non-hydrogen) atoms. The molecule has 4 nitrogen and oxygen atoms in total. The van der Waals surface area contributed by atoms with Gasteiger partial charge in [0.1, 0.15) is 12.4 Å². The smallest absolute Gasteiger partial charge is 0.165 e. The lowest BCUT2D eigenvalue weighted by molar-refractivity contribution is 0.201. The quantitative estimate of drug-likeness (QED) is 0.823. The van der Waals surface area contributed by atoms with Crippen LogP contribution in [0, 0.1) is 5.82 Å². The van der Waals surface area contributed by atoms with Gasteiger partial charge in [0.15, 0.2) is 11.6 Å². The van der Waals surface area contributed by atoms with Gasteiger partial charge >= 0.3 is 0 Å². The Labute approximate surface area is 123 Å². The van der Waals surface area contributed by atoms with Gasteiger partial charge in [0.05, 0.1) is 13.7 Å². The summed E-state index contributed by atoms with van der Waals surface area (Å²) in [7, 11) is 1.44. The number of hydrogen-bond acceptors (Lipinski definition) is 4. The first-order valence-corrected chi connectivity index (χ1v) is 6.63. The first-order valence-electron chi connectivity index (χ1n) is 6.63. The van der Waals surface area contributed by atoms with E-state index in [0.717, 1.165) is 11.3 Å². The highest BCUT2D eigenvalue weighted by atomic mass is 19.1. The molecule has 0 aliphatic rings. The van der Waals surface area contributed by atoms with E-state index < -0.39 is 0 Å². The van der Waals surface area contributed by atoms with E-state index in [4.69, 9.17) is 14.6 Å². The molecular weight excluding hydrogens is 273 g/mol. The molecule has 0 unspecified atom stereocenters. The zero-order valence-electron chi connectivity index (χ0n) is 11.8. The normalized spacial score (nSPS) is 10.2. The van der Waals surface area contributed by atoms with Crippen molar-refractivity contribution in [2.75, 3.05) is 25.6 Å². The molecule has 112 valence electrons. The Morgan fingerprint density at radius 2 is 1.90 bits per heavy atom. The van der Waals surface area contributed by atoms with Crippen LogP contribution in [0.5, 0.6) is 11.5 Å². The van der Waals surface area contributed by atoms with Crippen LogP contribution in [0.15, 0.2) is 42.5 Å². The second-order valence-electron chi connectivity index (χ2n) is 4.42. The van der Waals surface area contributed by atoms with Crippen molar-refractivity contribution >= 4 is 5.69 Å². The molecule has 0 atom stereocenters. The van der Waals surface area contributed by atoms with Crippen molar-refractivity contribution in [2.24, 2.45) is 0 Å². The number of aliphatic hydroxyl groups is 1. The van der Waals surface area contributed by atoms with Gasteiger partial charge in [-0.1, -0.05) is 6.07 Å². The number of aliphatic hydroxyl groups excluding tert-OH is 1. The Bertz CT molecular complexity index is 572. The van der Waals surface area contributed by atoms with Crippen molar-refractivity contribution in [2.45, 2.75) is 6.54 Å². The Hall–Kier alpha value is -2.27. The molecule has 2 N–H and O–H groups in total. The summed E-state index contributed by atoms with van der Waals surface area (Å²) in [5, 5.41) is 11.9. The number of halogens is 1. The van der Waals surface area contributed by atoms with E-state index in [1.54, 1.807) is 6.07 Å². The van der Waals surface area contributed by atoms with Crippen LogP contribution in [-0.2, 0) is 6.54 Å². The van der Waals surface area contributed by atoms with Crippen LogP contribution in [0.4, 0.5) is 10.1 Å². The maximum absolute atomic E-state index is 13.6. The predicted octanol–water partition coefficient (Wildman–Crippen LogP) is 2.82. The molecule has 0 saturated carbocycles. The van der Waals surface area contributed by atoms with Gasteiger partial charge in [-0.15, -0.1) is 0 Å². The summed E-state index contributed by atoms with van der Waals surface area (Å²) in [4.78, 5) is 0. The average molecular weight is 291 g/mol. The molecule has 2 aromatic rings. The zero-order chi connectivity index (χ0) is 15.1. The number of anilines is 1. The van der Waals surface area contributed by atoms with E-state index in [2.05, 4.69) is 5.32 Å². The minimum Gasteiger partial charge on any atom is -0.494 e. The third-order valence-electron chi connectivity index (χ3n) is 2.93. The fraction of sp³-hybridized carbons (Fsp3) is 0.250. The van der Waals surface area contributed by atoms with Crippen LogP contribution in [-0.4, -0.2) is 25.4 Å². The second kappa shape index (κ2) is 7.50. The maximum Gasteiger partial charge on any atom is 0.165 e. The van der Waals surface area contributed by atoms with Crippen molar-refractivity contribution in [3.05, 3.63) is 53.8 Å². The lowest BCUT2D eigenvalue weighted by Gasteiger charge is -2.09. The van der Waals surface area contributed by atoms with E-state index in [1.807, 2.05) is 30.3 Å². The highest BCUT2D eigenvalue weighted by Crippen LogP contribution is 2.19. The summed E-state index contributed by atoms with van der Waals surface area (Å²) in [5.41, 5.74) is 1.73. The number of hydrogen-bond donors (Lipinski definition) is 2. The van der Waals surface area contributed by atoms with E-state index in [1.165, 1.54) is 13.2 Å². The summed E-state index contributed by atoms with van der Waals surface area (Å²) in [6.07, 6.45) is 0. The molecule has 2 rings (SSSR count). The second-order valence-corrected chi connectivity index (χ2v) is 4.42. The molecule has 0 aromatic heterocycles. The van der Waals surface area contributed by atoms with Crippen molar-refractivity contribution in [3.8, 4) is 11.5 Å². The van der Waals surface area contributed by atoms with Crippen molar-refractivity contribution in [1.29, 1.82) is 0 Å². The van der Waals surface area contributed by atoms with E-state index in [0.29, 0.717) is 12.3 Å². The highest BCUT2D eigenvalue weighted by molar-refractivity contribution is 5.47. The molecule has 0 aliphatic carbocycles. The first-order chi connectivity index (χ1) is 10.2. The van der Waals surface area contributed by atoms with Crippen LogP contribution < -0.4 is 14.8 Å². The third-order valence-corrected chi connectivity index (χ3v) is 2.93. The van der Waals surface area contributed by atoms with Crippen LogP contribution in [0.3, 0.4) is 0 Å². The van der Waals surface area contributed by atoms with Gasteiger partial charge in [-0.2, -0.15) is 0 Å². The molecule has 0 fully saturated rings. The molecule has 2 aromatic carbocycles. The Kier molecular flexibility index (Phi) is 5.40. The van der Waals surface area contributed by atoms with Crippen molar-refractivity contribution < 1.29 is 19.0 Å². The number of rotatable bonds is 7. The zero-order valence-corrected chi connectivity index (χ0v) is 11.8. The molecule has 0 heterocycles. The summed E-state index contributed by atoms with van der Waals surface area (Å²) in [6, 6.07) is 12.2. The number of methoxy groups -OCH3 is 1. The summed E-state index contributed by atoms with van der Waals surface area (Å²) >= 11 is 0. The predicted molar refractivity (Wildman–Crippen MR) is 79.3 cm³/mol. The first kappa shape index (κ1) is 15.1. The molecule has 0 saturated heterocycles. The summed E-state index contributed by atoms with van der Waals surface area (Å²) in [6.45, 7) is 0.776.